The summed E-state index contributed by atoms with van der Waals surface area (Å²) in [5.74, 6) is 0. The molecule has 2 aromatic heterocycles. The van der Waals surface area contributed by atoms with Crippen LogP contribution in [0.25, 0.3) is 0 Å². The molecule has 0 saturated heterocycles. The third-order valence-electron chi connectivity index (χ3n) is 2.01. The number of hydrogen-bond donors (Lipinski definition) is 2. The van der Waals surface area contributed by atoms with Gasteiger partial charge in [0.1, 0.15) is 0 Å². The van der Waals surface area contributed by atoms with Crippen LogP contribution in [0.2, 0.25) is 4.34 Å². The van der Waals surface area contributed by atoms with Gasteiger partial charge in [-0.05, 0) is 17.0 Å². The maximum Gasteiger partial charge on any atom is 0.0961 e. The van der Waals surface area contributed by atoms with Crippen molar-refractivity contribution >= 4 is 22.9 Å². The molecule has 3 nitrogen and oxygen atoms in total. The Morgan fingerprint density at radius 2 is 2.50 bits per heavy atom. The average molecular weight is 229 g/mol. The highest BCUT2D eigenvalue weighted by molar-refractivity contribution is 7.14. The van der Waals surface area contributed by atoms with Crippen LogP contribution in [0.3, 0.4) is 0 Å². The molecule has 0 bridgehead atoms. The molecule has 0 aliphatic carbocycles. The summed E-state index contributed by atoms with van der Waals surface area (Å²) in [7, 11) is 0. The second-order valence-corrected chi connectivity index (χ2v) is 4.49. The number of aliphatic hydroxyl groups is 1. The van der Waals surface area contributed by atoms with Crippen molar-refractivity contribution in [2.45, 2.75) is 12.5 Å². The predicted octanol–water partition coefficient (Wildman–Crippen LogP) is 2.40. The van der Waals surface area contributed by atoms with E-state index in [0.29, 0.717) is 6.42 Å². The van der Waals surface area contributed by atoms with Crippen LogP contribution in [0.1, 0.15) is 17.2 Å². The Hall–Kier alpha value is -0.840. The first kappa shape index (κ1) is 9.71. The monoisotopic (exact) mass is 228 g/mol. The van der Waals surface area contributed by atoms with Crippen molar-refractivity contribution in [1.29, 1.82) is 0 Å². The van der Waals surface area contributed by atoms with Crippen LogP contribution in [0.15, 0.2) is 23.8 Å². The number of nitrogens with one attached hydrogen (secondary N) is 1. The van der Waals surface area contributed by atoms with E-state index in [1.54, 1.807) is 12.4 Å². The standard InChI is InChI=1S/C9H9ClN2OS/c10-9-6(1-2-14-9)3-8(13)7-4-11-12-5-7/h1-2,4-5,8,13H,3H2,(H,11,12). The zero-order valence-corrected chi connectivity index (χ0v) is 8.85. The number of hydrogen-bond acceptors (Lipinski definition) is 3. The Bertz CT molecular complexity index is 399. The van der Waals surface area contributed by atoms with Crippen molar-refractivity contribution in [2.24, 2.45) is 0 Å². The van der Waals surface area contributed by atoms with Crippen molar-refractivity contribution < 1.29 is 5.11 Å². The lowest BCUT2D eigenvalue weighted by molar-refractivity contribution is 0.178. The Morgan fingerprint density at radius 3 is 3.07 bits per heavy atom. The van der Waals surface area contributed by atoms with Crippen LogP contribution in [-0.2, 0) is 6.42 Å². The maximum absolute atomic E-state index is 9.79. The van der Waals surface area contributed by atoms with Gasteiger partial charge in [0.05, 0.1) is 16.6 Å². The van der Waals surface area contributed by atoms with E-state index in [2.05, 4.69) is 10.2 Å². The largest absolute Gasteiger partial charge is 0.388 e. The van der Waals surface area contributed by atoms with Gasteiger partial charge in [-0.1, -0.05) is 11.6 Å². The second-order valence-electron chi connectivity index (χ2n) is 2.97. The number of halogens is 1. The van der Waals surface area contributed by atoms with Crippen LogP contribution in [0.5, 0.6) is 0 Å². The minimum absolute atomic E-state index is 0.530. The van der Waals surface area contributed by atoms with Gasteiger partial charge in [-0.2, -0.15) is 5.10 Å². The molecule has 0 amide bonds. The first-order chi connectivity index (χ1) is 6.77. The number of thiophene rings is 1. The molecule has 0 aliphatic heterocycles. The number of aromatic nitrogens is 2. The molecule has 2 aromatic rings. The molecule has 2 heterocycles. The summed E-state index contributed by atoms with van der Waals surface area (Å²) < 4.78 is 0.743. The van der Waals surface area contributed by atoms with Crippen LogP contribution < -0.4 is 0 Å². The summed E-state index contributed by atoms with van der Waals surface area (Å²) in [4.78, 5) is 0. The molecule has 5 heteroatoms. The van der Waals surface area contributed by atoms with Crippen molar-refractivity contribution in [2.75, 3.05) is 0 Å². The molecule has 0 spiro atoms. The Morgan fingerprint density at radius 1 is 1.64 bits per heavy atom. The van der Waals surface area contributed by atoms with E-state index < -0.39 is 6.10 Å². The Kier molecular flexibility index (Phi) is 2.86. The molecule has 2 rings (SSSR count). The first-order valence-electron chi connectivity index (χ1n) is 4.16. The molecular weight excluding hydrogens is 220 g/mol. The summed E-state index contributed by atoms with van der Waals surface area (Å²) >= 11 is 7.40. The highest BCUT2D eigenvalue weighted by Gasteiger charge is 2.12. The van der Waals surface area contributed by atoms with Gasteiger partial charge in [0.15, 0.2) is 0 Å². The zero-order valence-electron chi connectivity index (χ0n) is 7.27. The van der Waals surface area contributed by atoms with Gasteiger partial charge in [0, 0.05) is 18.2 Å². The second kappa shape index (κ2) is 4.13. The van der Waals surface area contributed by atoms with Gasteiger partial charge in [-0.25, -0.2) is 0 Å². The summed E-state index contributed by atoms with van der Waals surface area (Å²) in [6.45, 7) is 0. The van der Waals surface area contributed by atoms with E-state index in [4.69, 9.17) is 11.6 Å². The summed E-state index contributed by atoms with van der Waals surface area (Å²) in [5, 5.41) is 18.2. The summed E-state index contributed by atoms with van der Waals surface area (Å²) in [5.41, 5.74) is 1.76. The van der Waals surface area contributed by atoms with Crippen LogP contribution >= 0.6 is 22.9 Å². The molecule has 1 atom stereocenters. The molecule has 0 radical (unpaired) electrons. The van der Waals surface area contributed by atoms with E-state index in [-0.39, 0.29) is 0 Å². The fraction of sp³-hybridized carbons (Fsp3) is 0.222. The SMILES string of the molecule is OC(Cc1ccsc1Cl)c1cn[nH]c1. The van der Waals surface area contributed by atoms with Crippen LogP contribution in [0.4, 0.5) is 0 Å². The number of aromatic amines is 1. The average Bonchev–Trinajstić information content (AvgIpc) is 2.77. The molecule has 14 heavy (non-hydrogen) atoms. The van der Waals surface area contributed by atoms with Crippen molar-refractivity contribution in [3.8, 4) is 0 Å². The van der Waals surface area contributed by atoms with E-state index in [9.17, 15) is 5.11 Å². The number of H-pyrrole nitrogens is 1. The molecule has 0 aromatic carbocycles. The lowest BCUT2D eigenvalue weighted by Crippen LogP contribution is -1.99. The fourth-order valence-electron chi connectivity index (χ4n) is 1.23. The lowest BCUT2D eigenvalue weighted by Gasteiger charge is -2.06. The Balaban J connectivity index is 2.09. The van der Waals surface area contributed by atoms with E-state index >= 15 is 0 Å². The lowest BCUT2D eigenvalue weighted by atomic mass is 10.1. The molecule has 0 saturated carbocycles. The highest BCUT2D eigenvalue weighted by Crippen LogP contribution is 2.27. The highest BCUT2D eigenvalue weighted by atomic mass is 35.5. The molecule has 74 valence electrons. The summed E-state index contributed by atoms with van der Waals surface area (Å²) in [6.07, 6.45) is 3.29. The Labute approximate surface area is 90.4 Å². The minimum atomic E-state index is -0.541. The van der Waals surface area contributed by atoms with E-state index in [0.717, 1.165) is 15.5 Å². The van der Waals surface area contributed by atoms with Crippen LogP contribution in [0, 0.1) is 0 Å². The number of nitrogens with zero attached hydrogens (tertiary/aromatic N) is 1. The van der Waals surface area contributed by atoms with Crippen LogP contribution in [-0.4, -0.2) is 15.3 Å². The van der Waals surface area contributed by atoms with Crippen molar-refractivity contribution in [1.82, 2.24) is 10.2 Å². The topological polar surface area (TPSA) is 48.9 Å². The van der Waals surface area contributed by atoms with Gasteiger partial charge in [0.2, 0.25) is 0 Å². The minimum Gasteiger partial charge on any atom is -0.388 e. The van der Waals surface area contributed by atoms with E-state index in [1.807, 2.05) is 11.4 Å². The molecular formula is C9H9ClN2OS. The normalized spacial score (nSPS) is 13.0. The third-order valence-corrected chi connectivity index (χ3v) is 3.26. The molecule has 0 aliphatic rings. The quantitative estimate of drug-likeness (QED) is 0.848. The van der Waals surface area contributed by atoms with Gasteiger partial charge in [-0.3, -0.25) is 5.10 Å². The zero-order chi connectivity index (χ0) is 9.97. The van der Waals surface area contributed by atoms with Gasteiger partial charge in [-0.15, -0.1) is 11.3 Å². The molecule has 2 N–H and O–H groups in total. The maximum atomic E-state index is 9.79. The van der Waals surface area contributed by atoms with Crippen molar-refractivity contribution in [3.63, 3.8) is 0 Å². The van der Waals surface area contributed by atoms with Crippen molar-refractivity contribution in [3.05, 3.63) is 39.3 Å². The van der Waals surface area contributed by atoms with Gasteiger partial charge < -0.3 is 5.11 Å². The van der Waals surface area contributed by atoms with Gasteiger partial charge >= 0.3 is 0 Å². The fourth-order valence-corrected chi connectivity index (χ4v) is 2.18. The predicted molar refractivity (Wildman–Crippen MR) is 56.6 cm³/mol. The summed E-state index contributed by atoms with van der Waals surface area (Å²) in [6, 6.07) is 1.93. The molecule has 1 unspecified atom stereocenters. The smallest absolute Gasteiger partial charge is 0.0961 e. The number of rotatable bonds is 3. The molecule has 0 fully saturated rings. The van der Waals surface area contributed by atoms with Gasteiger partial charge in [0.25, 0.3) is 0 Å². The van der Waals surface area contributed by atoms with E-state index in [1.165, 1.54) is 11.3 Å². The number of aliphatic hydroxyl groups excluding tert-OH is 1. The first-order valence-corrected chi connectivity index (χ1v) is 5.41. The third kappa shape index (κ3) is 1.97.